The fourth-order valence-electron chi connectivity index (χ4n) is 4.13. The van der Waals surface area contributed by atoms with Crippen LogP contribution in [-0.4, -0.2) is 12.5 Å². The van der Waals surface area contributed by atoms with Gasteiger partial charge in [-0.2, -0.15) is 0 Å². The van der Waals surface area contributed by atoms with Crippen LogP contribution in [0, 0.1) is 5.92 Å². The van der Waals surface area contributed by atoms with Crippen LogP contribution < -0.4 is 4.90 Å². The molecule has 4 rings (SSSR count). The predicted octanol–water partition coefficient (Wildman–Crippen LogP) is 5.06. The molecule has 126 valence electrons. The monoisotopic (exact) mass is 341 g/mol. The van der Waals surface area contributed by atoms with E-state index < -0.39 is 0 Å². The van der Waals surface area contributed by atoms with Gasteiger partial charge in [0.2, 0.25) is 5.91 Å². The zero-order valence-electron chi connectivity index (χ0n) is 14.4. The van der Waals surface area contributed by atoms with Crippen molar-refractivity contribution in [1.82, 2.24) is 0 Å². The van der Waals surface area contributed by atoms with E-state index in [2.05, 4.69) is 49.6 Å². The lowest BCUT2D eigenvalue weighted by atomic mass is 9.80. The van der Waals surface area contributed by atoms with Crippen molar-refractivity contribution in [2.45, 2.75) is 45.3 Å². The van der Waals surface area contributed by atoms with Crippen LogP contribution in [0.25, 0.3) is 0 Å². The molecular weight excluding hydrogens is 318 g/mol. The summed E-state index contributed by atoms with van der Waals surface area (Å²) in [6.07, 6.45) is 1.10. The molecule has 4 heteroatoms. The molecule has 3 atom stereocenters. The number of hydrogen-bond donors (Lipinski definition) is 0. The van der Waals surface area contributed by atoms with Gasteiger partial charge in [0.05, 0.1) is 17.8 Å². The van der Waals surface area contributed by atoms with Gasteiger partial charge in [0.15, 0.2) is 0 Å². The summed E-state index contributed by atoms with van der Waals surface area (Å²) in [6.45, 7) is 6.86. The molecule has 2 aliphatic heterocycles. The Morgan fingerprint density at radius 2 is 2.17 bits per heavy atom. The number of thiophene rings is 1. The van der Waals surface area contributed by atoms with E-state index in [1.807, 2.05) is 4.90 Å². The lowest BCUT2D eigenvalue weighted by Gasteiger charge is -2.43. The van der Waals surface area contributed by atoms with Gasteiger partial charge in [0, 0.05) is 29.9 Å². The summed E-state index contributed by atoms with van der Waals surface area (Å²) in [5, 5.41) is 2.09. The molecule has 0 bridgehead atoms. The molecule has 3 heterocycles. The van der Waals surface area contributed by atoms with Crippen LogP contribution >= 0.6 is 11.3 Å². The van der Waals surface area contributed by atoms with Crippen molar-refractivity contribution >= 4 is 22.9 Å². The summed E-state index contributed by atoms with van der Waals surface area (Å²) in [5.74, 6) is 0.913. The van der Waals surface area contributed by atoms with E-state index in [1.54, 1.807) is 18.3 Å². The molecule has 0 radical (unpaired) electrons. The lowest BCUT2D eigenvalue weighted by molar-refractivity contribution is -0.117. The van der Waals surface area contributed by atoms with Gasteiger partial charge >= 0.3 is 0 Å². The Labute approximate surface area is 147 Å². The number of anilines is 1. The molecule has 2 aromatic rings. The summed E-state index contributed by atoms with van der Waals surface area (Å²) in [6, 6.07) is 10.8. The summed E-state index contributed by atoms with van der Waals surface area (Å²) >= 11 is 1.73. The molecule has 1 amide bonds. The van der Waals surface area contributed by atoms with Crippen LogP contribution in [0.15, 0.2) is 35.7 Å². The van der Waals surface area contributed by atoms with Crippen LogP contribution in [0.1, 0.15) is 61.3 Å². The third-order valence-corrected chi connectivity index (χ3v) is 6.22. The molecule has 1 saturated heterocycles. The maximum atomic E-state index is 12.6. The van der Waals surface area contributed by atoms with E-state index in [1.165, 1.54) is 16.0 Å². The van der Waals surface area contributed by atoms with Crippen molar-refractivity contribution in [3.05, 3.63) is 51.7 Å². The van der Waals surface area contributed by atoms with Gasteiger partial charge in [-0.15, -0.1) is 11.3 Å². The summed E-state index contributed by atoms with van der Waals surface area (Å²) in [7, 11) is 0. The molecule has 0 N–H and O–H groups in total. The van der Waals surface area contributed by atoms with Gasteiger partial charge < -0.3 is 9.64 Å². The highest BCUT2D eigenvalue weighted by Gasteiger charge is 2.47. The van der Waals surface area contributed by atoms with E-state index in [0.29, 0.717) is 11.8 Å². The molecule has 1 fully saturated rings. The van der Waals surface area contributed by atoms with E-state index >= 15 is 0 Å². The highest BCUT2D eigenvalue weighted by atomic mass is 32.1. The van der Waals surface area contributed by atoms with E-state index in [9.17, 15) is 4.79 Å². The van der Waals surface area contributed by atoms with Gasteiger partial charge in [0.1, 0.15) is 0 Å². The Morgan fingerprint density at radius 1 is 1.33 bits per heavy atom. The number of nitrogens with zero attached hydrogens (tertiary/aromatic N) is 1. The largest absolute Gasteiger partial charge is 0.373 e. The summed E-state index contributed by atoms with van der Waals surface area (Å²) < 4.78 is 6.14. The van der Waals surface area contributed by atoms with Crippen LogP contribution in [0.3, 0.4) is 0 Å². The first-order chi connectivity index (χ1) is 11.6. The van der Waals surface area contributed by atoms with Crippen molar-refractivity contribution in [3.63, 3.8) is 0 Å². The number of carbonyl (C=O) groups is 1. The van der Waals surface area contributed by atoms with Crippen molar-refractivity contribution in [3.8, 4) is 0 Å². The van der Waals surface area contributed by atoms with Gasteiger partial charge in [-0.05, 0) is 35.4 Å². The smallest absolute Gasteiger partial charge is 0.224 e. The average molecular weight is 341 g/mol. The number of fused-ring (bicyclic) bond motifs is 3. The van der Waals surface area contributed by atoms with Crippen LogP contribution in [0.5, 0.6) is 0 Å². The number of rotatable bonds is 2. The van der Waals surface area contributed by atoms with Crippen LogP contribution in [0.4, 0.5) is 5.69 Å². The Bertz CT molecular complexity index is 753. The second-order valence-corrected chi connectivity index (χ2v) is 8.05. The standard InChI is InChI=1S/C20H23NO2S/c1-12(2)14-6-7-17-16(11-14)20-15(8-9-23-20)19(21(17)13(3)22)18-5-4-10-24-18/h4-7,10-12,15,19-20H,8-9H2,1-3H3/t15-,19-,20-/m0/s1. The Morgan fingerprint density at radius 3 is 2.83 bits per heavy atom. The number of benzene rings is 1. The second kappa shape index (κ2) is 6.01. The molecule has 24 heavy (non-hydrogen) atoms. The van der Waals surface area contributed by atoms with E-state index in [-0.39, 0.29) is 18.1 Å². The topological polar surface area (TPSA) is 29.5 Å². The minimum atomic E-state index is 0.0902. The first-order valence-corrected chi connectivity index (χ1v) is 9.54. The SMILES string of the molecule is CC(=O)N1c2ccc(C(C)C)cc2[C@H]2OCC[C@H]2[C@H]1c1cccs1. The Balaban J connectivity index is 1.89. The second-order valence-electron chi connectivity index (χ2n) is 7.07. The highest BCUT2D eigenvalue weighted by molar-refractivity contribution is 7.10. The van der Waals surface area contributed by atoms with Crippen molar-refractivity contribution < 1.29 is 9.53 Å². The molecule has 1 aromatic heterocycles. The van der Waals surface area contributed by atoms with Gasteiger partial charge in [0.25, 0.3) is 0 Å². The minimum absolute atomic E-state index is 0.0902. The van der Waals surface area contributed by atoms with Gasteiger partial charge in [-0.3, -0.25) is 4.79 Å². The molecule has 0 saturated carbocycles. The third-order valence-electron chi connectivity index (χ3n) is 5.28. The molecule has 2 aliphatic rings. The lowest BCUT2D eigenvalue weighted by Crippen LogP contribution is -2.42. The number of ether oxygens (including phenoxy) is 1. The first-order valence-electron chi connectivity index (χ1n) is 8.66. The normalized spacial score (nSPS) is 25.7. The van der Waals surface area contributed by atoms with Crippen molar-refractivity contribution in [2.75, 3.05) is 11.5 Å². The fraction of sp³-hybridized carbons (Fsp3) is 0.450. The zero-order valence-corrected chi connectivity index (χ0v) is 15.2. The summed E-state index contributed by atoms with van der Waals surface area (Å²) in [5.41, 5.74) is 3.52. The molecule has 0 spiro atoms. The first kappa shape index (κ1) is 15.9. The van der Waals surface area contributed by atoms with Crippen molar-refractivity contribution in [1.29, 1.82) is 0 Å². The van der Waals surface area contributed by atoms with E-state index in [4.69, 9.17) is 4.74 Å². The van der Waals surface area contributed by atoms with Gasteiger partial charge in [-0.25, -0.2) is 0 Å². The number of amides is 1. The summed E-state index contributed by atoms with van der Waals surface area (Å²) in [4.78, 5) is 15.8. The molecular formula is C20H23NO2S. The van der Waals surface area contributed by atoms with Crippen LogP contribution in [-0.2, 0) is 9.53 Å². The highest BCUT2D eigenvalue weighted by Crippen LogP contribution is 2.54. The minimum Gasteiger partial charge on any atom is -0.373 e. The quantitative estimate of drug-likeness (QED) is 0.764. The maximum Gasteiger partial charge on any atom is 0.224 e. The third kappa shape index (κ3) is 2.40. The zero-order chi connectivity index (χ0) is 16.8. The molecule has 0 unspecified atom stereocenters. The average Bonchev–Trinajstić information content (AvgIpc) is 3.24. The van der Waals surface area contributed by atoms with Gasteiger partial charge in [-0.1, -0.05) is 32.0 Å². The van der Waals surface area contributed by atoms with E-state index in [0.717, 1.165) is 18.7 Å². The fourth-order valence-corrected chi connectivity index (χ4v) is 5.02. The number of hydrogen-bond acceptors (Lipinski definition) is 3. The Hall–Kier alpha value is -1.65. The molecule has 3 nitrogen and oxygen atoms in total. The predicted molar refractivity (Wildman–Crippen MR) is 97.6 cm³/mol. The maximum absolute atomic E-state index is 12.6. The van der Waals surface area contributed by atoms with Crippen LogP contribution in [0.2, 0.25) is 0 Å². The molecule has 1 aromatic carbocycles. The van der Waals surface area contributed by atoms with Crippen molar-refractivity contribution in [2.24, 2.45) is 5.92 Å². The number of carbonyl (C=O) groups excluding carboxylic acids is 1. The Kier molecular flexibility index (Phi) is 3.97. The molecule has 0 aliphatic carbocycles.